The molecule has 3 nitrogen and oxygen atoms in total. The predicted octanol–water partition coefficient (Wildman–Crippen LogP) is 3.17. The third-order valence-corrected chi connectivity index (χ3v) is 2.55. The van der Waals surface area contributed by atoms with Crippen LogP contribution in [0.2, 0.25) is 0 Å². The molecule has 3 heteroatoms. The monoisotopic (exact) mass is 203 g/mol. The molecule has 1 aromatic heterocycles. The summed E-state index contributed by atoms with van der Waals surface area (Å²) in [6.07, 6.45) is 5.63. The van der Waals surface area contributed by atoms with Gasteiger partial charge in [-0.1, -0.05) is 19.8 Å². The van der Waals surface area contributed by atoms with Crippen molar-refractivity contribution in [2.24, 2.45) is 0 Å². The van der Waals surface area contributed by atoms with Crippen LogP contribution in [0.4, 0.5) is 5.69 Å². The zero-order valence-electron chi connectivity index (χ0n) is 9.09. The second kappa shape index (κ2) is 4.82. The van der Waals surface area contributed by atoms with Crippen LogP contribution in [0.3, 0.4) is 0 Å². The maximum Gasteiger partial charge on any atom is 0.0670 e. The maximum absolute atomic E-state index is 4.00. The van der Waals surface area contributed by atoms with Gasteiger partial charge in [-0.15, -0.1) is 0 Å². The summed E-state index contributed by atoms with van der Waals surface area (Å²) in [5.74, 6) is 0. The number of benzene rings is 1. The van der Waals surface area contributed by atoms with E-state index in [-0.39, 0.29) is 0 Å². The number of H-pyrrole nitrogens is 1. The number of hydrogen-bond acceptors (Lipinski definition) is 2. The highest BCUT2D eigenvalue weighted by Crippen LogP contribution is 2.16. The number of unbranched alkanes of at least 4 members (excludes halogenated alkanes) is 2. The van der Waals surface area contributed by atoms with E-state index in [1.807, 2.05) is 6.20 Å². The molecule has 15 heavy (non-hydrogen) atoms. The second-order valence-corrected chi connectivity index (χ2v) is 3.81. The molecule has 2 aromatic rings. The smallest absolute Gasteiger partial charge is 0.0670 e. The molecule has 2 rings (SSSR count). The van der Waals surface area contributed by atoms with Crippen molar-refractivity contribution in [2.45, 2.75) is 26.2 Å². The van der Waals surface area contributed by atoms with Crippen molar-refractivity contribution in [3.63, 3.8) is 0 Å². The Labute approximate surface area is 89.9 Å². The van der Waals surface area contributed by atoms with Crippen molar-refractivity contribution in [3.05, 3.63) is 24.4 Å². The van der Waals surface area contributed by atoms with Gasteiger partial charge in [-0.25, -0.2) is 0 Å². The molecule has 1 aromatic carbocycles. The van der Waals surface area contributed by atoms with Gasteiger partial charge < -0.3 is 5.32 Å². The van der Waals surface area contributed by atoms with E-state index in [1.165, 1.54) is 24.9 Å². The van der Waals surface area contributed by atoms with E-state index in [1.54, 1.807) is 0 Å². The van der Waals surface area contributed by atoms with Crippen LogP contribution < -0.4 is 5.32 Å². The first-order valence-electron chi connectivity index (χ1n) is 5.57. The van der Waals surface area contributed by atoms with E-state index in [0.717, 1.165) is 17.4 Å². The normalized spacial score (nSPS) is 10.7. The molecule has 0 aliphatic heterocycles. The number of hydrogen-bond donors (Lipinski definition) is 2. The van der Waals surface area contributed by atoms with Gasteiger partial charge in [-0.3, -0.25) is 5.10 Å². The van der Waals surface area contributed by atoms with Crippen LogP contribution in [0.5, 0.6) is 0 Å². The van der Waals surface area contributed by atoms with E-state index in [2.05, 4.69) is 40.6 Å². The van der Waals surface area contributed by atoms with Crippen molar-refractivity contribution >= 4 is 16.6 Å². The van der Waals surface area contributed by atoms with Crippen molar-refractivity contribution in [2.75, 3.05) is 11.9 Å². The molecule has 0 aliphatic rings. The summed E-state index contributed by atoms with van der Waals surface area (Å²) >= 11 is 0. The van der Waals surface area contributed by atoms with Gasteiger partial charge >= 0.3 is 0 Å². The van der Waals surface area contributed by atoms with Crippen molar-refractivity contribution in [1.29, 1.82) is 0 Å². The first kappa shape index (κ1) is 10.0. The van der Waals surface area contributed by atoms with Crippen molar-refractivity contribution in [1.82, 2.24) is 10.2 Å². The summed E-state index contributed by atoms with van der Waals surface area (Å²) in [5, 5.41) is 11.5. The quantitative estimate of drug-likeness (QED) is 0.733. The number of nitrogens with one attached hydrogen (secondary N) is 2. The van der Waals surface area contributed by atoms with Gasteiger partial charge in [0.05, 0.1) is 11.7 Å². The highest BCUT2D eigenvalue weighted by atomic mass is 15.1. The van der Waals surface area contributed by atoms with E-state index in [4.69, 9.17) is 0 Å². The van der Waals surface area contributed by atoms with E-state index < -0.39 is 0 Å². The molecule has 0 unspecified atom stereocenters. The number of aromatic nitrogens is 2. The average molecular weight is 203 g/mol. The van der Waals surface area contributed by atoms with E-state index in [0.29, 0.717) is 0 Å². The summed E-state index contributed by atoms with van der Waals surface area (Å²) in [4.78, 5) is 0. The summed E-state index contributed by atoms with van der Waals surface area (Å²) < 4.78 is 0. The van der Waals surface area contributed by atoms with Crippen LogP contribution in [0.25, 0.3) is 10.9 Å². The SMILES string of the molecule is CCCCCNc1ccc2cn[nH]c2c1. The molecule has 0 amide bonds. The number of anilines is 1. The fourth-order valence-corrected chi connectivity index (χ4v) is 1.65. The summed E-state index contributed by atoms with van der Waals surface area (Å²) in [7, 11) is 0. The zero-order chi connectivity index (χ0) is 10.5. The van der Waals surface area contributed by atoms with Crippen molar-refractivity contribution < 1.29 is 0 Å². The Hall–Kier alpha value is -1.51. The Bertz CT molecular complexity index is 419. The fraction of sp³-hybridized carbons (Fsp3) is 0.417. The molecule has 0 bridgehead atoms. The third kappa shape index (κ3) is 2.49. The lowest BCUT2D eigenvalue weighted by Gasteiger charge is -2.05. The predicted molar refractivity (Wildman–Crippen MR) is 64.1 cm³/mol. The Kier molecular flexibility index (Phi) is 3.22. The first-order chi connectivity index (χ1) is 7.40. The highest BCUT2D eigenvalue weighted by Gasteiger charge is 1.96. The lowest BCUT2D eigenvalue weighted by Crippen LogP contribution is -2.00. The molecule has 0 atom stereocenters. The van der Waals surface area contributed by atoms with Crippen LogP contribution in [0, 0.1) is 0 Å². The van der Waals surface area contributed by atoms with Gasteiger partial charge in [0.25, 0.3) is 0 Å². The minimum Gasteiger partial charge on any atom is -0.385 e. The Balaban J connectivity index is 1.96. The largest absolute Gasteiger partial charge is 0.385 e. The number of fused-ring (bicyclic) bond motifs is 1. The number of aromatic amines is 1. The standard InChI is InChI=1S/C12H17N3/c1-2-3-4-7-13-11-6-5-10-9-14-15-12(10)8-11/h5-6,8-9,13H,2-4,7H2,1H3,(H,14,15). The summed E-state index contributed by atoms with van der Waals surface area (Å²) in [5.41, 5.74) is 2.26. The molecule has 0 spiro atoms. The second-order valence-electron chi connectivity index (χ2n) is 3.81. The van der Waals surface area contributed by atoms with Gasteiger partial charge in [0.1, 0.15) is 0 Å². The summed E-state index contributed by atoms with van der Waals surface area (Å²) in [6, 6.07) is 6.29. The number of nitrogens with zero attached hydrogens (tertiary/aromatic N) is 1. The summed E-state index contributed by atoms with van der Waals surface area (Å²) in [6.45, 7) is 3.27. The third-order valence-electron chi connectivity index (χ3n) is 2.55. The highest BCUT2D eigenvalue weighted by molar-refractivity contribution is 5.81. The van der Waals surface area contributed by atoms with E-state index in [9.17, 15) is 0 Å². The zero-order valence-corrected chi connectivity index (χ0v) is 9.09. The molecule has 1 heterocycles. The van der Waals surface area contributed by atoms with Gasteiger partial charge in [0, 0.05) is 17.6 Å². The minimum atomic E-state index is 1.05. The molecule has 0 fully saturated rings. The lowest BCUT2D eigenvalue weighted by molar-refractivity contribution is 0.744. The molecule has 0 radical (unpaired) electrons. The van der Waals surface area contributed by atoms with E-state index >= 15 is 0 Å². The van der Waals surface area contributed by atoms with Crippen LogP contribution in [-0.4, -0.2) is 16.7 Å². The Morgan fingerprint density at radius 2 is 2.27 bits per heavy atom. The molecular formula is C12H17N3. The molecular weight excluding hydrogens is 186 g/mol. The van der Waals surface area contributed by atoms with Gasteiger partial charge in [0.2, 0.25) is 0 Å². The molecule has 0 saturated heterocycles. The Morgan fingerprint density at radius 1 is 1.33 bits per heavy atom. The van der Waals surface area contributed by atoms with Crippen LogP contribution in [0.15, 0.2) is 24.4 Å². The fourth-order valence-electron chi connectivity index (χ4n) is 1.65. The van der Waals surface area contributed by atoms with Crippen LogP contribution in [-0.2, 0) is 0 Å². The minimum absolute atomic E-state index is 1.05. The topological polar surface area (TPSA) is 40.7 Å². The lowest BCUT2D eigenvalue weighted by atomic mass is 10.2. The first-order valence-corrected chi connectivity index (χ1v) is 5.57. The van der Waals surface area contributed by atoms with Crippen molar-refractivity contribution in [3.8, 4) is 0 Å². The molecule has 2 N–H and O–H groups in total. The average Bonchev–Trinajstić information content (AvgIpc) is 2.71. The molecule has 0 saturated carbocycles. The molecule has 0 aliphatic carbocycles. The number of rotatable bonds is 5. The van der Waals surface area contributed by atoms with Gasteiger partial charge in [0.15, 0.2) is 0 Å². The van der Waals surface area contributed by atoms with Gasteiger partial charge in [-0.05, 0) is 24.6 Å². The molecule has 80 valence electrons. The van der Waals surface area contributed by atoms with Crippen LogP contribution >= 0.6 is 0 Å². The maximum atomic E-state index is 4.00. The Morgan fingerprint density at radius 3 is 3.13 bits per heavy atom. The van der Waals surface area contributed by atoms with Gasteiger partial charge in [-0.2, -0.15) is 5.10 Å². The van der Waals surface area contributed by atoms with Crippen LogP contribution in [0.1, 0.15) is 26.2 Å².